The van der Waals surface area contributed by atoms with Gasteiger partial charge in [0.1, 0.15) is 11.5 Å². The van der Waals surface area contributed by atoms with Crippen LogP contribution in [0.3, 0.4) is 0 Å². The van der Waals surface area contributed by atoms with Crippen LogP contribution in [0.2, 0.25) is 0 Å². The van der Waals surface area contributed by atoms with E-state index in [2.05, 4.69) is 9.72 Å². The number of carboxylic acids is 1. The molecule has 2 heterocycles. The number of aliphatic carboxylic acids is 1. The molecule has 1 aromatic carbocycles. The molecule has 160 valence electrons. The van der Waals surface area contributed by atoms with Crippen molar-refractivity contribution in [2.75, 3.05) is 0 Å². The van der Waals surface area contributed by atoms with Crippen molar-refractivity contribution in [2.45, 2.75) is 31.5 Å². The summed E-state index contributed by atoms with van der Waals surface area (Å²) in [5, 5.41) is 9.14. The van der Waals surface area contributed by atoms with E-state index >= 15 is 0 Å². The number of carboxylic acid groups (broad SMARTS) is 1. The number of hydrogen-bond acceptors (Lipinski definition) is 4. The van der Waals surface area contributed by atoms with Crippen LogP contribution in [0.25, 0.3) is 6.08 Å². The quantitative estimate of drug-likeness (QED) is 0.693. The third-order valence-electron chi connectivity index (χ3n) is 4.32. The maximum Gasteiger partial charge on any atom is 0.573 e. The summed E-state index contributed by atoms with van der Waals surface area (Å²) < 4.78 is 87.2. The van der Waals surface area contributed by atoms with Gasteiger partial charge in [-0.3, -0.25) is 4.98 Å². The van der Waals surface area contributed by atoms with Crippen LogP contribution in [0.15, 0.2) is 42.1 Å². The largest absolute Gasteiger partial charge is 0.573 e. The van der Waals surface area contributed by atoms with Gasteiger partial charge < -0.3 is 14.6 Å². The molecule has 0 saturated carbocycles. The molecule has 0 amide bonds. The van der Waals surface area contributed by atoms with Gasteiger partial charge in [-0.1, -0.05) is 13.0 Å². The maximum absolute atomic E-state index is 13.4. The highest BCUT2D eigenvalue weighted by Crippen LogP contribution is 2.44. The third kappa shape index (κ3) is 4.50. The Morgan fingerprint density at radius 2 is 1.90 bits per heavy atom. The summed E-state index contributed by atoms with van der Waals surface area (Å²) in [6.07, 6.45) is -10.9. The van der Waals surface area contributed by atoms with Crippen molar-refractivity contribution in [3.63, 3.8) is 0 Å². The van der Waals surface area contributed by atoms with Gasteiger partial charge in [-0.2, -0.15) is 13.2 Å². The van der Waals surface area contributed by atoms with Crippen LogP contribution in [0.4, 0.5) is 26.3 Å². The molecule has 30 heavy (non-hydrogen) atoms. The van der Waals surface area contributed by atoms with E-state index in [9.17, 15) is 31.1 Å². The van der Waals surface area contributed by atoms with Gasteiger partial charge in [0.05, 0.1) is 5.57 Å². The van der Waals surface area contributed by atoms with E-state index in [4.69, 9.17) is 9.84 Å². The Bertz CT molecular complexity index is 985. The molecule has 0 aliphatic carbocycles. The molecule has 0 saturated heterocycles. The average Bonchev–Trinajstić information content (AvgIpc) is 2.64. The summed E-state index contributed by atoms with van der Waals surface area (Å²) >= 11 is 0. The number of aromatic nitrogens is 1. The van der Waals surface area contributed by atoms with Crippen LogP contribution in [0.5, 0.6) is 11.5 Å². The molecule has 0 spiro atoms. The first-order valence-corrected chi connectivity index (χ1v) is 8.39. The molecule has 2 unspecified atom stereocenters. The second kappa shape index (κ2) is 7.54. The topological polar surface area (TPSA) is 68.7 Å². The zero-order valence-electron chi connectivity index (χ0n) is 15.1. The molecule has 1 aliphatic rings. The lowest BCUT2D eigenvalue weighted by molar-refractivity contribution is -0.274. The molecule has 0 fully saturated rings. The minimum atomic E-state index is -5.07. The van der Waals surface area contributed by atoms with Crippen LogP contribution in [-0.2, 0) is 4.79 Å². The number of carbonyl (C=O) groups is 1. The van der Waals surface area contributed by atoms with Gasteiger partial charge in [-0.25, -0.2) is 4.79 Å². The molecule has 3 rings (SSSR count). The van der Waals surface area contributed by atoms with Crippen molar-refractivity contribution in [3.05, 3.63) is 58.9 Å². The number of fused-ring (bicyclic) bond motifs is 1. The third-order valence-corrected chi connectivity index (χ3v) is 4.32. The Kier molecular flexibility index (Phi) is 5.40. The van der Waals surface area contributed by atoms with Crippen molar-refractivity contribution >= 4 is 12.0 Å². The monoisotopic (exact) mass is 433 g/mol. The molecular weight excluding hydrogens is 420 g/mol. The first kappa shape index (κ1) is 21.5. The van der Waals surface area contributed by atoms with E-state index in [1.165, 1.54) is 19.2 Å². The number of nitrogens with zero attached hydrogens (tertiary/aromatic N) is 1. The Morgan fingerprint density at radius 3 is 2.43 bits per heavy atom. The standard InChI is InChI=1S/C19H13F6NO4/c1-9(14-4-2-3-5-26-14)12-8-11(30-19(23,24)25)6-10-7-13(17(27)28)16(18(20,21)22)29-15(10)12/h2-9,16H,1H3,(H,27,28). The number of hydrogen-bond donors (Lipinski definition) is 1. The highest BCUT2D eigenvalue weighted by Gasteiger charge is 2.49. The van der Waals surface area contributed by atoms with Crippen LogP contribution >= 0.6 is 0 Å². The highest BCUT2D eigenvalue weighted by molar-refractivity contribution is 5.95. The number of halogens is 6. The molecule has 0 bridgehead atoms. The summed E-state index contributed by atoms with van der Waals surface area (Å²) in [6, 6.07) is 6.40. The van der Waals surface area contributed by atoms with Gasteiger partial charge in [-0.05, 0) is 30.3 Å². The van der Waals surface area contributed by atoms with E-state index in [0.29, 0.717) is 11.8 Å². The molecule has 2 aromatic rings. The van der Waals surface area contributed by atoms with Crippen molar-refractivity contribution < 1.29 is 45.7 Å². The zero-order chi connectivity index (χ0) is 22.3. The fraction of sp³-hybridized carbons (Fsp3) is 0.263. The normalized spacial score (nSPS) is 17.4. The molecular formula is C19H13F6NO4. The molecule has 1 aliphatic heterocycles. The molecule has 11 heteroatoms. The van der Waals surface area contributed by atoms with Crippen LogP contribution in [0, 0.1) is 0 Å². The van der Waals surface area contributed by atoms with Crippen molar-refractivity contribution in [3.8, 4) is 11.5 Å². The van der Waals surface area contributed by atoms with E-state index in [1.54, 1.807) is 12.1 Å². The molecule has 5 nitrogen and oxygen atoms in total. The first-order valence-electron chi connectivity index (χ1n) is 8.39. The van der Waals surface area contributed by atoms with Crippen molar-refractivity contribution in [1.29, 1.82) is 0 Å². The maximum atomic E-state index is 13.4. The van der Waals surface area contributed by atoms with Gasteiger partial charge in [-0.15, -0.1) is 13.2 Å². The Hall–Kier alpha value is -3.24. The van der Waals surface area contributed by atoms with E-state index in [1.807, 2.05) is 0 Å². The molecule has 0 radical (unpaired) electrons. The predicted molar refractivity (Wildman–Crippen MR) is 91.0 cm³/mol. The summed E-state index contributed by atoms with van der Waals surface area (Å²) in [7, 11) is 0. The van der Waals surface area contributed by atoms with E-state index in [-0.39, 0.29) is 11.1 Å². The van der Waals surface area contributed by atoms with Gasteiger partial charge in [0, 0.05) is 28.9 Å². The Labute approximate surface area is 165 Å². The van der Waals surface area contributed by atoms with Gasteiger partial charge in [0.2, 0.25) is 6.10 Å². The fourth-order valence-electron chi connectivity index (χ4n) is 3.04. The minimum absolute atomic E-state index is 0.0691. The first-order chi connectivity index (χ1) is 13.9. The van der Waals surface area contributed by atoms with E-state index in [0.717, 1.165) is 12.1 Å². The second-order valence-corrected chi connectivity index (χ2v) is 6.40. The summed E-state index contributed by atoms with van der Waals surface area (Å²) in [5.74, 6) is -3.82. The Balaban J connectivity index is 2.21. The van der Waals surface area contributed by atoms with E-state index < -0.39 is 47.6 Å². The number of benzene rings is 1. The second-order valence-electron chi connectivity index (χ2n) is 6.40. The lowest BCUT2D eigenvalue weighted by atomic mass is 9.91. The Morgan fingerprint density at radius 1 is 1.20 bits per heavy atom. The molecule has 1 aromatic heterocycles. The highest BCUT2D eigenvalue weighted by atomic mass is 19.4. The fourth-order valence-corrected chi connectivity index (χ4v) is 3.04. The average molecular weight is 433 g/mol. The van der Waals surface area contributed by atoms with Crippen molar-refractivity contribution in [1.82, 2.24) is 4.98 Å². The van der Waals surface area contributed by atoms with Crippen LogP contribution in [-0.4, -0.2) is 34.7 Å². The smallest absolute Gasteiger partial charge is 0.478 e. The number of ether oxygens (including phenoxy) is 2. The SMILES string of the molecule is CC(c1ccccn1)c1cc(OC(F)(F)F)cc2c1OC(C(F)(F)F)C(C(=O)O)=C2. The summed E-state index contributed by atoms with van der Waals surface area (Å²) in [5.41, 5.74) is -1.16. The number of rotatable bonds is 4. The molecule has 2 atom stereocenters. The zero-order valence-corrected chi connectivity index (χ0v) is 15.1. The summed E-state index contributed by atoms with van der Waals surface area (Å²) in [6.45, 7) is 1.51. The lowest BCUT2D eigenvalue weighted by Gasteiger charge is -2.30. The summed E-state index contributed by atoms with van der Waals surface area (Å²) in [4.78, 5) is 15.4. The van der Waals surface area contributed by atoms with Crippen molar-refractivity contribution in [2.24, 2.45) is 0 Å². The van der Waals surface area contributed by atoms with Gasteiger partial charge in [0.15, 0.2) is 0 Å². The van der Waals surface area contributed by atoms with Crippen LogP contribution in [0.1, 0.15) is 29.7 Å². The number of alkyl halides is 6. The molecule has 1 N–H and O–H groups in total. The minimum Gasteiger partial charge on any atom is -0.478 e. The predicted octanol–water partition coefficient (Wildman–Crippen LogP) is 4.92. The number of pyridine rings is 1. The van der Waals surface area contributed by atoms with Crippen LogP contribution < -0.4 is 9.47 Å². The lowest BCUT2D eigenvalue weighted by Crippen LogP contribution is -2.40. The van der Waals surface area contributed by atoms with Gasteiger partial charge >= 0.3 is 18.5 Å². The van der Waals surface area contributed by atoms with Gasteiger partial charge in [0.25, 0.3) is 0 Å².